The minimum Gasteiger partial charge on any atom is -0.332 e. The Kier molecular flexibility index (Phi) is 5.21. The third-order valence-electron chi connectivity index (χ3n) is 8.67. The highest BCUT2D eigenvalue weighted by Gasteiger charge is 2.60. The molecule has 3 saturated heterocycles. The molecule has 3 heteroatoms. The molecule has 2 aromatic carbocycles. The second-order valence-electron chi connectivity index (χ2n) is 10.6. The zero-order valence-corrected chi connectivity index (χ0v) is 19.4. The summed E-state index contributed by atoms with van der Waals surface area (Å²) in [6.45, 7) is 10.3. The van der Waals surface area contributed by atoms with Gasteiger partial charge in [0.25, 0.3) is 0 Å². The average Bonchev–Trinajstić information content (AvgIpc) is 2.80. The molecule has 0 aromatic heterocycles. The lowest BCUT2D eigenvalue weighted by Crippen LogP contribution is -2.72. The molecule has 6 rings (SSSR count). The van der Waals surface area contributed by atoms with Crippen molar-refractivity contribution in [3.63, 3.8) is 0 Å². The van der Waals surface area contributed by atoms with Gasteiger partial charge in [0.2, 0.25) is 5.91 Å². The van der Waals surface area contributed by atoms with Crippen molar-refractivity contribution >= 4 is 5.91 Å². The molecule has 5 unspecified atom stereocenters. The molecule has 3 nitrogen and oxygen atoms in total. The zero-order valence-electron chi connectivity index (χ0n) is 19.4. The van der Waals surface area contributed by atoms with Crippen molar-refractivity contribution in [2.45, 2.75) is 71.1 Å². The van der Waals surface area contributed by atoms with Crippen LogP contribution in [0.25, 0.3) is 0 Å². The number of fused-ring (bicyclic) bond motifs is 2. The van der Waals surface area contributed by atoms with Gasteiger partial charge in [0.05, 0.1) is 6.04 Å². The van der Waals surface area contributed by atoms with Crippen LogP contribution in [0.4, 0.5) is 0 Å². The molecule has 164 valence electrons. The van der Waals surface area contributed by atoms with Gasteiger partial charge in [-0.15, -0.1) is 0 Å². The fourth-order valence-corrected chi connectivity index (χ4v) is 7.09. The van der Waals surface area contributed by atoms with E-state index in [1.54, 1.807) is 0 Å². The van der Waals surface area contributed by atoms with Crippen LogP contribution in [0.5, 0.6) is 0 Å². The summed E-state index contributed by atoms with van der Waals surface area (Å²) >= 11 is 0. The fourth-order valence-electron chi connectivity index (χ4n) is 7.09. The second kappa shape index (κ2) is 7.78. The third-order valence-corrected chi connectivity index (χ3v) is 8.67. The largest absolute Gasteiger partial charge is 0.332 e. The molecule has 0 N–H and O–H groups in total. The number of hydrogen-bond donors (Lipinski definition) is 0. The van der Waals surface area contributed by atoms with Crippen LogP contribution in [0, 0.1) is 17.3 Å². The Hall–Kier alpha value is -2.13. The van der Waals surface area contributed by atoms with Gasteiger partial charge < -0.3 is 4.90 Å². The molecule has 4 aliphatic rings. The first-order chi connectivity index (χ1) is 14.9. The molecule has 1 amide bonds. The number of amides is 1. The quantitative estimate of drug-likeness (QED) is 0.624. The number of carbonyl (C=O) groups excluding carboxylic acids is 1. The molecule has 1 saturated carbocycles. The van der Waals surface area contributed by atoms with E-state index in [1.807, 2.05) is 0 Å². The lowest BCUT2D eigenvalue weighted by molar-refractivity contribution is -0.184. The Morgan fingerprint density at radius 3 is 2.13 bits per heavy atom. The number of benzene rings is 2. The monoisotopic (exact) mass is 416 g/mol. The Balaban J connectivity index is 1.51. The van der Waals surface area contributed by atoms with E-state index in [4.69, 9.17) is 0 Å². The van der Waals surface area contributed by atoms with Crippen LogP contribution in [0.1, 0.15) is 70.2 Å². The maximum absolute atomic E-state index is 13.6. The molecule has 0 radical (unpaired) electrons. The summed E-state index contributed by atoms with van der Waals surface area (Å²) < 4.78 is 0. The summed E-state index contributed by atoms with van der Waals surface area (Å²) in [4.78, 5) is 18.6. The summed E-state index contributed by atoms with van der Waals surface area (Å²) in [5.41, 5.74) is 2.80. The molecule has 2 aromatic rings. The molecule has 1 aliphatic carbocycles. The van der Waals surface area contributed by atoms with Gasteiger partial charge in [0.15, 0.2) is 0 Å². The Labute approximate surface area is 187 Å². The highest BCUT2D eigenvalue weighted by Crippen LogP contribution is 2.56. The number of hydrogen-bond acceptors (Lipinski definition) is 2. The SMILES string of the molecule is CC1CC2C3CCC(C)(CN3[C@@H](C)c3ccccc3)C2N([C@@H](C)c2ccccc2)C1=O. The van der Waals surface area contributed by atoms with Crippen LogP contribution in [-0.4, -0.2) is 34.3 Å². The van der Waals surface area contributed by atoms with Gasteiger partial charge in [-0.2, -0.15) is 0 Å². The van der Waals surface area contributed by atoms with Crippen LogP contribution in [0.2, 0.25) is 0 Å². The van der Waals surface area contributed by atoms with Crippen molar-refractivity contribution in [3.8, 4) is 0 Å². The normalized spacial score (nSPS) is 35.0. The maximum atomic E-state index is 13.6. The fraction of sp³-hybridized carbons (Fsp3) is 0.536. The summed E-state index contributed by atoms with van der Waals surface area (Å²) in [6, 6.07) is 23.0. The molecule has 2 bridgehead atoms. The first kappa shape index (κ1) is 20.8. The Bertz CT molecular complexity index is 929. The molecule has 31 heavy (non-hydrogen) atoms. The van der Waals surface area contributed by atoms with Crippen LogP contribution >= 0.6 is 0 Å². The van der Waals surface area contributed by atoms with E-state index in [-0.39, 0.29) is 17.4 Å². The van der Waals surface area contributed by atoms with Crippen molar-refractivity contribution in [2.75, 3.05) is 6.54 Å². The Morgan fingerprint density at radius 2 is 1.52 bits per heavy atom. The van der Waals surface area contributed by atoms with Gasteiger partial charge in [0, 0.05) is 36.0 Å². The number of rotatable bonds is 4. The van der Waals surface area contributed by atoms with Gasteiger partial charge in [-0.1, -0.05) is 74.5 Å². The van der Waals surface area contributed by atoms with Crippen molar-refractivity contribution in [1.29, 1.82) is 0 Å². The van der Waals surface area contributed by atoms with Crippen LogP contribution in [0.3, 0.4) is 0 Å². The number of piperidine rings is 3. The van der Waals surface area contributed by atoms with Gasteiger partial charge in [-0.25, -0.2) is 0 Å². The first-order valence-corrected chi connectivity index (χ1v) is 12.1. The number of carbonyl (C=O) groups is 1. The van der Waals surface area contributed by atoms with Crippen molar-refractivity contribution < 1.29 is 4.79 Å². The molecule has 3 aliphatic heterocycles. The lowest BCUT2D eigenvalue weighted by Gasteiger charge is -2.66. The maximum Gasteiger partial charge on any atom is 0.226 e. The van der Waals surface area contributed by atoms with Crippen molar-refractivity contribution in [1.82, 2.24) is 9.80 Å². The minimum absolute atomic E-state index is 0.101. The standard InChI is InChI=1S/C28H36N2O/c1-19-17-24-25-15-16-28(4,18-29(25)20(2)22-11-7-5-8-12-22)26(24)30(27(19)31)21(3)23-13-9-6-10-14-23/h5-14,19-21,24-26H,15-18H2,1-4H3/t19?,20-,21-,24?,25?,26?,28?/m0/s1. The molecular formula is C28H36N2O. The van der Waals surface area contributed by atoms with Crippen molar-refractivity contribution in [2.24, 2.45) is 17.3 Å². The van der Waals surface area contributed by atoms with Crippen LogP contribution in [-0.2, 0) is 4.79 Å². The highest BCUT2D eigenvalue weighted by atomic mass is 16.2. The molecule has 3 heterocycles. The highest BCUT2D eigenvalue weighted by molar-refractivity contribution is 5.80. The van der Waals surface area contributed by atoms with Crippen molar-refractivity contribution in [3.05, 3.63) is 71.8 Å². The molecule has 7 atom stereocenters. The van der Waals surface area contributed by atoms with Crippen LogP contribution in [0.15, 0.2) is 60.7 Å². The third kappa shape index (κ3) is 3.33. The average molecular weight is 417 g/mol. The summed E-state index contributed by atoms with van der Waals surface area (Å²) in [6.07, 6.45) is 3.50. The predicted molar refractivity (Wildman–Crippen MR) is 125 cm³/mol. The molecule has 0 spiro atoms. The Morgan fingerprint density at radius 1 is 0.935 bits per heavy atom. The van der Waals surface area contributed by atoms with Gasteiger partial charge in [-0.05, 0) is 50.2 Å². The number of likely N-dealkylation sites (tertiary alicyclic amines) is 1. The van der Waals surface area contributed by atoms with E-state index in [1.165, 1.54) is 24.0 Å². The topological polar surface area (TPSA) is 23.6 Å². The minimum atomic E-state index is 0.101. The van der Waals surface area contributed by atoms with E-state index in [0.29, 0.717) is 30.0 Å². The number of nitrogens with zero attached hydrogens (tertiary/aromatic N) is 2. The first-order valence-electron chi connectivity index (χ1n) is 12.1. The summed E-state index contributed by atoms with van der Waals surface area (Å²) in [5.74, 6) is 1.01. The van der Waals surface area contributed by atoms with E-state index in [9.17, 15) is 4.79 Å². The molecule has 4 fully saturated rings. The van der Waals surface area contributed by atoms with E-state index >= 15 is 0 Å². The predicted octanol–water partition coefficient (Wildman–Crippen LogP) is 5.85. The van der Waals surface area contributed by atoms with Gasteiger partial charge in [-0.3, -0.25) is 9.69 Å². The van der Waals surface area contributed by atoms with Gasteiger partial charge in [0.1, 0.15) is 0 Å². The van der Waals surface area contributed by atoms with Crippen LogP contribution < -0.4 is 0 Å². The summed E-state index contributed by atoms with van der Waals surface area (Å²) in [7, 11) is 0. The van der Waals surface area contributed by atoms with E-state index < -0.39 is 0 Å². The van der Waals surface area contributed by atoms with E-state index in [0.717, 1.165) is 13.0 Å². The van der Waals surface area contributed by atoms with E-state index in [2.05, 4.69) is 98.2 Å². The zero-order chi connectivity index (χ0) is 21.8. The lowest BCUT2D eigenvalue weighted by atomic mass is 9.56. The second-order valence-corrected chi connectivity index (χ2v) is 10.6. The molecular weight excluding hydrogens is 380 g/mol. The smallest absolute Gasteiger partial charge is 0.226 e. The van der Waals surface area contributed by atoms with Gasteiger partial charge >= 0.3 is 0 Å². The summed E-state index contributed by atoms with van der Waals surface area (Å²) in [5, 5.41) is 0.